The van der Waals surface area contributed by atoms with Gasteiger partial charge in [0.05, 0.1) is 5.48 Å². The third-order valence-electron chi connectivity index (χ3n) is 8.55. The molecule has 0 unspecified atom stereocenters. The molecule has 0 fully saturated rings. The van der Waals surface area contributed by atoms with Crippen molar-refractivity contribution in [1.29, 1.82) is 0 Å². The van der Waals surface area contributed by atoms with Gasteiger partial charge in [0.25, 0.3) is 0 Å². The predicted molar refractivity (Wildman–Crippen MR) is 200 cm³/mol. The number of benzene rings is 8. The van der Waals surface area contributed by atoms with Gasteiger partial charge in [-0.2, -0.15) is 0 Å². The van der Waals surface area contributed by atoms with Crippen LogP contribution in [0.2, 0.25) is 0 Å². The van der Waals surface area contributed by atoms with E-state index in [2.05, 4.69) is 54.6 Å². The number of hydrogen-bond donors (Lipinski definition) is 0. The van der Waals surface area contributed by atoms with Crippen LogP contribution in [0.5, 0.6) is 0 Å². The lowest BCUT2D eigenvalue weighted by atomic mass is 9.97. The molecule has 0 aliphatic carbocycles. The first kappa shape index (κ1) is 24.1. The van der Waals surface area contributed by atoms with Crippen LogP contribution in [0, 0.1) is 0 Å². The third kappa shape index (κ3) is 5.83. The zero-order valence-corrected chi connectivity index (χ0v) is 25.7. The molecule has 0 heterocycles. The molecule has 8 rings (SSSR count). The van der Waals surface area contributed by atoms with E-state index in [-0.39, 0.29) is 35.4 Å². The fourth-order valence-corrected chi connectivity index (χ4v) is 6.15. The molecule has 0 radical (unpaired) electrons. The maximum absolute atomic E-state index is 9.40. The highest BCUT2D eigenvalue weighted by Gasteiger charge is 2.15. The van der Waals surface area contributed by atoms with Crippen LogP contribution in [0.3, 0.4) is 0 Å². The lowest BCUT2D eigenvalue weighted by Crippen LogP contribution is -2.10. The summed E-state index contributed by atoms with van der Waals surface area (Å²) in [6.45, 7) is 0. The van der Waals surface area contributed by atoms with Crippen LogP contribution in [-0.2, 0) is 0 Å². The lowest BCUT2D eigenvalue weighted by Gasteiger charge is -2.26. The Morgan fingerprint density at radius 2 is 0.809 bits per heavy atom. The zero-order chi connectivity index (χ0) is 34.9. The van der Waals surface area contributed by atoms with Crippen LogP contribution in [0.25, 0.3) is 55.3 Å². The fraction of sp³-hybridized carbons (Fsp3) is 0. The van der Waals surface area contributed by atoms with Crippen LogP contribution in [0.1, 0.15) is 5.48 Å². The topological polar surface area (TPSA) is 3.24 Å². The first-order chi connectivity index (χ1) is 25.0. The van der Waals surface area contributed by atoms with E-state index in [1.165, 1.54) is 0 Å². The second kappa shape index (κ2) is 12.7. The molecule has 0 aliphatic heterocycles. The fourth-order valence-electron chi connectivity index (χ4n) is 6.15. The molecule has 0 saturated heterocycles. The van der Waals surface area contributed by atoms with Crippen LogP contribution < -0.4 is 4.90 Å². The van der Waals surface area contributed by atoms with E-state index in [4.69, 9.17) is 0 Å². The molecule has 8 aromatic rings. The van der Waals surface area contributed by atoms with Gasteiger partial charge in [0.1, 0.15) is 0 Å². The summed E-state index contributed by atoms with van der Waals surface area (Å²) in [6, 6.07) is 58.1. The number of fused-ring (bicyclic) bond motifs is 1. The summed E-state index contributed by atoms with van der Waals surface area (Å²) in [6.07, 6.45) is 0. The Balaban J connectivity index is 1.28. The van der Waals surface area contributed by atoms with Crippen LogP contribution in [0.4, 0.5) is 17.1 Å². The van der Waals surface area contributed by atoms with Crippen molar-refractivity contribution < 1.29 is 5.48 Å². The average Bonchev–Trinajstić information content (AvgIpc) is 3.20. The van der Waals surface area contributed by atoms with Crippen molar-refractivity contribution in [2.45, 2.75) is 0 Å². The molecule has 0 N–H and O–H groups in total. The highest BCUT2D eigenvalue weighted by Crippen LogP contribution is 2.39. The molecule has 0 atom stereocenters. The molecule has 0 bridgehead atoms. The molecule has 0 saturated carbocycles. The van der Waals surface area contributed by atoms with Gasteiger partial charge in [0, 0.05) is 17.1 Å². The number of anilines is 3. The summed E-state index contributed by atoms with van der Waals surface area (Å²) in [5.41, 5.74) is 8.83. The van der Waals surface area contributed by atoms with Gasteiger partial charge in [0.2, 0.25) is 0 Å². The first-order valence-electron chi connectivity index (χ1n) is 17.8. The van der Waals surface area contributed by atoms with E-state index >= 15 is 0 Å². The number of nitrogens with zero attached hydrogens (tertiary/aromatic N) is 1. The Kier molecular flexibility index (Phi) is 6.50. The van der Waals surface area contributed by atoms with E-state index in [1.807, 2.05) is 126 Å². The molecule has 0 amide bonds. The second-order valence-electron chi connectivity index (χ2n) is 11.5. The van der Waals surface area contributed by atoms with Gasteiger partial charge >= 0.3 is 0 Å². The van der Waals surface area contributed by atoms with Gasteiger partial charge in [-0.05, 0) is 91.6 Å². The van der Waals surface area contributed by atoms with Crippen molar-refractivity contribution in [3.8, 4) is 44.5 Å². The molecule has 1 nitrogen and oxygen atoms in total. The first-order valence-corrected chi connectivity index (χ1v) is 15.8. The average molecular weight is 604 g/mol. The van der Waals surface area contributed by atoms with Gasteiger partial charge in [-0.25, -0.2) is 0 Å². The van der Waals surface area contributed by atoms with Gasteiger partial charge in [-0.1, -0.05) is 164 Å². The van der Waals surface area contributed by atoms with Crippen molar-refractivity contribution >= 4 is 27.8 Å². The maximum atomic E-state index is 9.40. The molecule has 222 valence electrons. The summed E-state index contributed by atoms with van der Waals surface area (Å²) >= 11 is 0. The van der Waals surface area contributed by atoms with Crippen LogP contribution in [-0.4, -0.2) is 0 Å². The molecule has 0 spiro atoms. The molecule has 8 aromatic carbocycles. The minimum atomic E-state index is -0.110. The number of hydrogen-bond acceptors (Lipinski definition) is 1. The maximum Gasteiger partial charge on any atom is 0.0645 e. The molecule has 0 aliphatic rings. The molecule has 1 heteroatoms. The van der Waals surface area contributed by atoms with Crippen LogP contribution >= 0.6 is 0 Å². The highest BCUT2D eigenvalue weighted by atomic mass is 15.1. The minimum Gasteiger partial charge on any atom is -0.310 e. The van der Waals surface area contributed by atoms with E-state index < -0.39 is 0 Å². The van der Waals surface area contributed by atoms with E-state index in [1.54, 1.807) is 0 Å². The highest BCUT2D eigenvalue weighted by molar-refractivity contribution is 5.97. The number of rotatable bonds is 7. The van der Waals surface area contributed by atoms with E-state index in [0.29, 0.717) is 5.56 Å². The van der Waals surface area contributed by atoms with Crippen molar-refractivity contribution in [1.82, 2.24) is 0 Å². The van der Waals surface area contributed by atoms with Crippen molar-refractivity contribution in [3.05, 3.63) is 200 Å². The Labute approximate surface area is 282 Å². The second-order valence-corrected chi connectivity index (χ2v) is 11.5. The summed E-state index contributed by atoms with van der Waals surface area (Å²) in [5, 5.41) is 2.27. The SMILES string of the molecule is [2H]c1c([2H])c(N(c2ccc(-c3ccccc3)cc2)c2cccc(-c3cccc4ccccc34)c2)c([2H])c([2H])c1-c1ccc(-c2ccccc2)cc1. The molecule has 47 heavy (non-hydrogen) atoms. The van der Waals surface area contributed by atoms with Crippen molar-refractivity contribution in [2.24, 2.45) is 0 Å². The third-order valence-corrected chi connectivity index (χ3v) is 8.55. The predicted octanol–water partition coefficient (Wildman–Crippen LogP) is 13.0. The molecule has 0 aromatic heterocycles. The Morgan fingerprint density at radius 3 is 1.47 bits per heavy atom. The quantitative estimate of drug-likeness (QED) is 0.175. The van der Waals surface area contributed by atoms with Crippen molar-refractivity contribution in [2.75, 3.05) is 4.90 Å². The van der Waals surface area contributed by atoms with Gasteiger partial charge < -0.3 is 4.90 Å². The summed E-state index contributed by atoms with van der Waals surface area (Å²) < 4.78 is 37.3. The lowest BCUT2D eigenvalue weighted by molar-refractivity contribution is 1.28. The summed E-state index contributed by atoms with van der Waals surface area (Å²) in [4.78, 5) is 1.85. The van der Waals surface area contributed by atoms with E-state index in [0.717, 1.165) is 55.5 Å². The Hall–Kier alpha value is -6.18. The normalized spacial score (nSPS) is 12.2. The van der Waals surface area contributed by atoms with E-state index in [9.17, 15) is 5.48 Å². The smallest absolute Gasteiger partial charge is 0.0645 e. The Morgan fingerprint density at radius 1 is 0.319 bits per heavy atom. The monoisotopic (exact) mass is 603 g/mol. The summed E-state index contributed by atoms with van der Waals surface area (Å²) in [7, 11) is 0. The van der Waals surface area contributed by atoms with Gasteiger partial charge in [0.15, 0.2) is 0 Å². The molecular weight excluding hydrogens is 567 g/mol. The standard InChI is InChI=1S/C46H33N/c1-3-11-34(12-4-1)36-21-23-37(24-22-36)39-27-31-43(32-28-39)47(42-29-25-38(26-30-42)35-13-5-2-6-14-35)44-18-9-17-41(33-44)46-20-10-16-40-15-7-8-19-45(40)46/h1-33H/i27D,28D,31D,32D. The largest absolute Gasteiger partial charge is 0.310 e. The Bertz CT molecular complexity index is 2460. The van der Waals surface area contributed by atoms with Gasteiger partial charge in [-0.3, -0.25) is 0 Å². The van der Waals surface area contributed by atoms with Crippen LogP contribution in [0.15, 0.2) is 200 Å². The van der Waals surface area contributed by atoms with Gasteiger partial charge in [-0.15, -0.1) is 0 Å². The van der Waals surface area contributed by atoms with Crippen molar-refractivity contribution in [3.63, 3.8) is 0 Å². The molecular formula is C46H33N. The minimum absolute atomic E-state index is 0.0884. The summed E-state index contributed by atoms with van der Waals surface area (Å²) in [5.74, 6) is 0. The zero-order valence-electron chi connectivity index (χ0n) is 29.7.